The van der Waals surface area contributed by atoms with E-state index >= 15 is 0 Å². The predicted octanol–water partition coefficient (Wildman–Crippen LogP) is 5.60. The summed E-state index contributed by atoms with van der Waals surface area (Å²) in [5.74, 6) is 0. The van der Waals surface area contributed by atoms with Gasteiger partial charge in [0.1, 0.15) is 10.7 Å². The zero-order chi connectivity index (χ0) is 18.4. The second-order valence-electron chi connectivity index (χ2n) is 5.16. The smallest absolute Gasteiger partial charge is 0.308 e. The van der Waals surface area contributed by atoms with Gasteiger partial charge in [0, 0.05) is 6.07 Å². The maximum absolute atomic E-state index is 13.4. The van der Waals surface area contributed by atoms with Crippen LogP contribution in [0.3, 0.4) is 0 Å². The van der Waals surface area contributed by atoms with Crippen LogP contribution in [0.4, 0.5) is 5.69 Å². The Bertz CT molecular complexity index is 774. The fourth-order valence-electron chi connectivity index (χ4n) is 2.58. The lowest BCUT2D eigenvalue weighted by Crippen LogP contribution is -2.09. The third-order valence-electron chi connectivity index (χ3n) is 3.53. The Balaban J connectivity index is 2.61. The van der Waals surface area contributed by atoms with Crippen molar-refractivity contribution in [2.45, 2.75) is 19.5 Å². The van der Waals surface area contributed by atoms with E-state index in [1.165, 1.54) is 18.2 Å². The van der Waals surface area contributed by atoms with Gasteiger partial charge in [0.2, 0.25) is 0 Å². The lowest BCUT2D eigenvalue weighted by molar-refractivity contribution is -0.384. The summed E-state index contributed by atoms with van der Waals surface area (Å²) < 4.78 is 24.5. The second kappa shape index (κ2) is 8.59. The fraction of sp³-hybridized carbons (Fsp3) is 0.294. The highest BCUT2D eigenvalue weighted by Gasteiger charge is 2.38. The molecular formula is C17H19ClNO5P. The van der Waals surface area contributed by atoms with E-state index in [1.54, 1.807) is 13.8 Å². The van der Waals surface area contributed by atoms with Gasteiger partial charge < -0.3 is 9.05 Å². The van der Waals surface area contributed by atoms with E-state index < -0.39 is 18.2 Å². The van der Waals surface area contributed by atoms with Crippen LogP contribution in [-0.2, 0) is 13.6 Å². The van der Waals surface area contributed by atoms with Crippen LogP contribution < -0.4 is 0 Å². The number of hydrogen-bond donors (Lipinski definition) is 0. The SMILES string of the molecule is CCOP(=O)(OCC)C(c1ccccc1)c1ccc([N+](=O)[O-])c(Cl)c1. The maximum Gasteiger partial charge on any atom is 0.342 e. The molecule has 0 spiro atoms. The van der Waals surface area contributed by atoms with Crippen LogP contribution in [0.1, 0.15) is 30.6 Å². The lowest BCUT2D eigenvalue weighted by atomic mass is 10.0. The summed E-state index contributed by atoms with van der Waals surface area (Å²) in [6.07, 6.45) is 0. The Labute approximate surface area is 151 Å². The van der Waals surface area contributed by atoms with Crippen LogP contribution >= 0.6 is 19.2 Å². The summed E-state index contributed by atoms with van der Waals surface area (Å²) in [5, 5.41) is 11.0. The van der Waals surface area contributed by atoms with Gasteiger partial charge in [0.05, 0.1) is 18.1 Å². The van der Waals surface area contributed by atoms with Crippen LogP contribution in [0, 0.1) is 10.1 Å². The molecule has 8 heteroatoms. The number of halogens is 1. The molecule has 0 bridgehead atoms. The fourth-order valence-corrected chi connectivity index (χ4v) is 4.99. The summed E-state index contributed by atoms with van der Waals surface area (Å²) in [6, 6.07) is 13.4. The first-order chi connectivity index (χ1) is 11.9. The third kappa shape index (κ3) is 4.47. The number of hydrogen-bond acceptors (Lipinski definition) is 5. The minimum atomic E-state index is -3.56. The van der Waals surface area contributed by atoms with Crippen molar-refractivity contribution < 1.29 is 18.5 Å². The molecule has 2 rings (SSSR count). The van der Waals surface area contributed by atoms with Crippen LogP contribution in [0.15, 0.2) is 48.5 Å². The number of benzene rings is 2. The molecule has 1 atom stereocenters. The highest BCUT2D eigenvalue weighted by Crippen LogP contribution is 2.63. The van der Waals surface area contributed by atoms with Crippen LogP contribution in [-0.4, -0.2) is 18.1 Å². The van der Waals surface area contributed by atoms with Gasteiger partial charge in [-0.1, -0.05) is 48.0 Å². The van der Waals surface area contributed by atoms with E-state index in [9.17, 15) is 14.7 Å². The first-order valence-corrected chi connectivity index (χ1v) is 9.79. The molecular weight excluding hydrogens is 365 g/mol. The summed E-state index contributed by atoms with van der Waals surface area (Å²) in [6.45, 7) is 3.88. The van der Waals surface area contributed by atoms with E-state index in [2.05, 4.69) is 0 Å². The van der Waals surface area contributed by atoms with Crippen molar-refractivity contribution in [2.75, 3.05) is 13.2 Å². The van der Waals surface area contributed by atoms with E-state index in [1.807, 2.05) is 30.3 Å². The molecule has 25 heavy (non-hydrogen) atoms. The topological polar surface area (TPSA) is 78.7 Å². The molecule has 0 aliphatic rings. The van der Waals surface area contributed by atoms with Crippen molar-refractivity contribution in [3.05, 3.63) is 74.8 Å². The molecule has 0 aliphatic carbocycles. The minimum Gasteiger partial charge on any atom is -0.308 e. The molecule has 2 aromatic carbocycles. The van der Waals surface area contributed by atoms with Gasteiger partial charge in [-0.15, -0.1) is 0 Å². The molecule has 0 aliphatic heterocycles. The maximum atomic E-state index is 13.4. The second-order valence-corrected chi connectivity index (χ2v) is 7.68. The monoisotopic (exact) mass is 383 g/mol. The van der Waals surface area contributed by atoms with Crippen LogP contribution in [0.2, 0.25) is 5.02 Å². The van der Waals surface area contributed by atoms with Gasteiger partial charge in [-0.05, 0) is 31.0 Å². The van der Waals surface area contributed by atoms with Gasteiger partial charge in [0.15, 0.2) is 0 Å². The number of nitrogens with zero attached hydrogens (tertiary/aromatic N) is 1. The molecule has 0 saturated heterocycles. The lowest BCUT2D eigenvalue weighted by Gasteiger charge is -2.27. The minimum absolute atomic E-state index is 0.0250. The average molecular weight is 384 g/mol. The van der Waals surface area contributed by atoms with Gasteiger partial charge in [-0.3, -0.25) is 14.7 Å². The highest BCUT2D eigenvalue weighted by molar-refractivity contribution is 7.54. The van der Waals surface area contributed by atoms with Gasteiger partial charge in [0.25, 0.3) is 5.69 Å². The van der Waals surface area contributed by atoms with Crippen LogP contribution in [0.25, 0.3) is 0 Å². The number of nitro benzene ring substituents is 1. The molecule has 0 amide bonds. The van der Waals surface area contributed by atoms with Crippen LogP contribution in [0.5, 0.6) is 0 Å². The zero-order valence-corrected chi connectivity index (χ0v) is 15.6. The number of nitro groups is 1. The van der Waals surface area contributed by atoms with Crippen molar-refractivity contribution in [3.63, 3.8) is 0 Å². The predicted molar refractivity (Wildman–Crippen MR) is 97.2 cm³/mol. The first-order valence-electron chi connectivity index (χ1n) is 7.80. The van der Waals surface area contributed by atoms with Crippen molar-refractivity contribution in [1.29, 1.82) is 0 Å². The Hall–Kier alpha value is -1.72. The zero-order valence-electron chi connectivity index (χ0n) is 13.9. The van der Waals surface area contributed by atoms with Crippen molar-refractivity contribution >= 4 is 24.9 Å². The Kier molecular flexibility index (Phi) is 6.73. The van der Waals surface area contributed by atoms with Crippen molar-refractivity contribution in [3.8, 4) is 0 Å². The molecule has 0 saturated carbocycles. The normalized spacial score (nSPS) is 12.8. The van der Waals surface area contributed by atoms with Gasteiger partial charge >= 0.3 is 7.60 Å². The number of rotatable bonds is 8. The molecule has 1 unspecified atom stereocenters. The average Bonchev–Trinajstić information content (AvgIpc) is 2.56. The Morgan fingerprint density at radius 2 is 1.68 bits per heavy atom. The van der Waals surface area contributed by atoms with E-state index in [4.69, 9.17) is 20.6 Å². The van der Waals surface area contributed by atoms with E-state index in [0.29, 0.717) is 5.56 Å². The van der Waals surface area contributed by atoms with E-state index in [-0.39, 0.29) is 23.9 Å². The van der Waals surface area contributed by atoms with Crippen molar-refractivity contribution in [2.24, 2.45) is 0 Å². The van der Waals surface area contributed by atoms with Crippen molar-refractivity contribution in [1.82, 2.24) is 0 Å². The molecule has 0 heterocycles. The summed E-state index contributed by atoms with van der Waals surface area (Å²) in [4.78, 5) is 10.4. The molecule has 134 valence electrons. The standard InChI is InChI=1S/C17H19ClNO5P/c1-3-23-25(22,24-4-2)17(13-8-6-5-7-9-13)14-10-11-16(19(20)21)15(18)12-14/h5-12,17H,3-4H2,1-2H3. The first kappa shape index (κ1) is 19.6. The quantitative estimate of drug-likeness (QED) is 0.336. The largest absolute Gasteiger partial charge is 0.342 e. The Morgan fingerprint density at radius 3 is 2.16 bits per heavy atom. The molecule has 0 aromatic heterocycles. The Morgan fingerprint density at radius 1 is 1.08 bits per heavy atom. The molecule has 0 N–H and O–H groups in total. The molecule has 2 aromatic rings. The van der Waals surface area contributed by atoms with Gasteiger partial charge in [-0.2, -0.15) is 0 Å². The summed E-state index contributed by atoms with van der Waals surface area (Å²) in [7, 11) is -3.56. The third-order valence-corrected chi connectivity index (χ3v) is 6.30. The highest BCUT2D eigenvalue weighted by atomic mass is 35.5. The van der Waals surface area contributed by atoms with Gasteiger partial charge in [-0.25, -0.2) is 0 Å². The molecule has 0 radical (unpaired) electrons. The molecule has 0 fully saturated rings. The molecule has 6 nitrogen and oxygen atoms in total. The summed E-state index contributed by atoms with van der Waals surface area (Å²) in [5.41, 5.74) is 0.316. The van der Waals surface area contributed by atoms with E-state index in [0.717, 1.165) is 5.56 Å². The summed E-state index contributed by atoms with van der Waals surface area (Å²) >= 11 is 6.05.